The summed E-state index contributed by atoms with van der Waals surface area (Å²) >= 11 is 5.62. The third kappa shape index (κ3) is 3.58. The van der Waals surface area contributed by atoms with Gasteiger partial charge in [0, 0.05) is 24.7 Å². The van der Waals surface area contributed by atoms with E-state index < -0.39 is 11.7 Å². The van der Waals surface area contributed by atoms with E-state index in [1.165, 1.54) is 12.1 Å². The molecular formula is C18H15ClF3NO2. The van der Waals surface area contributed by atoms with Crippen LogP contribution in [-0.2, 0) is 19.2 Å². The van der Waals surface area contributed by atoms with Gasteiger partial charge in [-0.1, -0.05) is 23.7 Å². The molecule has 0 bridgehead atoms. The summed E-state index contributed by atoms with van der Waals surface area (Å²) in [6.45, 7) is 0.534. The molecular weight excluding hydrogens is 355 g/mol. The summed E-state index contributed by atoms with van der Waals surface area (Å²) in [5.41, 5.74) is 0.824. The van der Waals surface area contributed by atoms with Gasteiger partial charge in [-0.3, -0.25) is 4.79 Å². The lowest BCUT2D eigenvalue weighted by Gasteiger charge is -2.26. The highest BCUT2D eigenvalue weighted by molar-refractivity contribution is 6.31. The summed E-state index contributed by atoms with van der Waals surface area (Å²) in [5, 5.41) is -0.345. The number of amides is 1. The lowest BCUT2D eigenvalue weighted by molar-refractivity contribution is -0.137. The second-order valence-electron chi connectivity index (χ2n) is 5.86. The molecule has 1 heterocycles. The van der Waals surface area contributed by atoms with E-state index in [4.69, 9.17) is 16.3 Å². The fourth-order valence-corrected chi connectivity index (χ4v) is 3.01. The van der Waals surface area contributed by atoms with Gasteiger partial charge in [0.05, 0.1) is 10.6 Å². The highest BCUT2D eigenvalue weighted by Crippen LogP contribution is 2.35. The first-order valence-electron chi connectivity index (χ1n) is 7.63. The number of hydrogen-bond donors (Lipinski definition) is 0. The highest BCUT2D eigenvalue weighted by Gasteiger charge is 2.33. The lowest BCUT2D eigenvalue weighted by atomic mass is 9.98. The van der Waals surface area contributed by atoms with Crippen molar-refractivity contribution in [2.75, 3.05) is 13.6 Å². The van der Waals surface area contributed by atoms with Crippen LogP contribution in [0.15, 0.2) is 36.4 Å². The number of likely N-dealkylation sites (N-methyl/N-ethyl adjacent to an activating group) is 1. The molecule has 0 unspecified atom stereocenters. The number of benzene rings is 2. The molecule has 0 radical (unpaired) electrons. The minimum absolute atomic E-state index is 0.0409. The Balaban J connectivity index is 1.83. The summed E-state index contributed by atoms with van der Waals surface area (Å²) in [5.74, 6) is 0.431. The normalized spacial score (nSPS) is 14.4. The van der Waals surface area contributed by atoms with Crippen LogP contribution in [-0.4, -0.2) is 24.4 Å². The van der Waals surface area contributed by atoms with E-state index in [1.807, 2.05) is 0 Å². The van der Waals surface area contributed by atoms with Gasteiger partial charge in [0.2, 0.25) is 0 Å². The van der Waals surface area contributed by atoms with Gasteiger partial charge in [-0.05, 0) is 36.2 Å². The minimum atomic E-state index is -4.52. The van der Waals surface area contributed by atoms with E-state index in [2.05, 4.69) is 0 Å². The standard InChI is InChI=1S/C18H15ClF3NO2/c1-23-8-7-12-13(17(23)24)3-2-4-16(12)25-10-11-5-6-15(19)14(9-11)18(20,21)22/h2-6,9H,7-8,10H2,1H3. The van der Waals surface area contributed by atoms with Crippen molar-refractivity contribution in [2.24, 2.45) is 0 Å². The second-order valence-corrected chi connectivity index (χ2v) is 6.27. The van der Waals surface area contributed by atoms with Gasteiger partial charge in [0.15, 0.2) is 0 Å². The van der Waals surface area contributed by atoms with Crippen molar-refractivity contribution in [3.05, 3.63) is 63.7 Å². The molecule has 0 fully saturated rings. The molecule has 25 heavy (non-hydrogen) atoms. The number of ether oxygens (including phenoxy) is 1. The van der Waals surface area contributed by atoms with Crippen molar-refractivity contribution in [2.45, 2.75) is 19.2 Å². The number of rotatable bonds is 3. The third-order valence-electron chi connectivity index (χ3n) is 4.14. The van der Waals surface area contributed by atoms with Crippen molar-refractivity contribution < 1.29 is 22.7 Å². The fraction of sp³-hybridized carbons (Fsp3) is 0.278. The molecule has 1 amide bonds. The molecule has 0 spiro atoms. The van der Waals surface area contributed by atoms with E-state index >= 15 is 0 Å². The van der Waals surface area contributed by atoms with E-state index in [1.54, 1.807) is 30.1 Å². The van der Waals surface area contributed by atoms with Crippen molar-refractivity contribution in [1.29, 1.82) is 0 Å². The molecule has 2 aromatic carbocycles. The maximum atomic E-state index is 12.9. The molecule has 3 rings (SSSR count). The van der Waals surface area contributed by atoms with Crippen LogP contribution in [0.3, 0.4) is 0 Å². The molecule has 0 atom stereocenters. The quantitative estimate of drug-likeness (QED) is 0.793. The number of nitrogens with zero attached hydrogens (tertiary/aromatic N) is 1. The van der Waals surface area contributed by atoms with Crippen molar-refractivity contribution in [3.8, 4) is 5.75 Å². The van der Waals surface area contributed by atoms with Gasteiger partial charge in [-0.15, -0.1) is 0 Å². The molecule has 2 aromatic rings. The van der Waals surface area contributed by atoms with Crippen LogP contribution in [0.1, 0.15) is 27.0 Å². The molecule has 0 saturated carbocycles. The summed E-state index contributed by atoms with van der Waals surface area (Å²) in [4.78, 5) is 13.8. The largest absolute Gasteiger partial charge is 0.489 e. The Hall–Kier alpha value is -2.21. The van der Waals surface area contributed by atoms with E-state index in [-0.39, 0.29) is 17.5 Å². The molecule has 0 aromatic heterocycles. The first kappa shape index (κ1) is 17.6. The van der Waals surface area contributed by atoms with Crippen LogP contribution in [0.5, 0.6) is 5.75 Å². The Morgan fingerprint density at radius 2 is 2.00 bits per heavy atom. The third-order valence-corrected chi connectivity index (χ3v) is 4.47. The van der Waals surface area contributed by atoms with E-state index in [9.17, 15) is 18.0 Å². The topological polar surface area (TPSA) is 29.5 Å². The maximum Gasteiger partial charge on any atom is 0.417 e. The van der Waals surface area contributed by atoms with E-state index in [0.29, 0.717) is 29.8 Å². The van der Waals surface area contributed by atoms with Crippen LogP contribution < -0.4 is 4.74 Å². The van der Waals surface area contributed by atoms with Gasteiger partial charge in [0.25, 0.3) is 5.91 Å². The Bertz CT molecular complexity index is 820. The van der Waals surface area contributed by atoms with Gasteiger partial charge < -0.3 is 9.64 Å². The average Bonchev–Trinajstić information content (AvgIpc) is 2.56. The first-order valence-corrected chi connectivity index (χ1v) is 8.01. The number of fused-ring (bicyclic) bond motifs is 1. The smallest absolute Gasteiger partial charge is 0.417 e. The zero-order valence-corrected chi connectivity index (χ0v) is 14.1. The van der Waals surface area contributed by atoms with Gasteiger partial charge >= 0.3 is 6.18 Å². The SMILES string of the molecule is CN1CCc2c(OCc3ccc(Cl)c(C(F)(F)F)c3)cccc2C1=O. The second kappa shape index (κ2) is 6.59. The number of halogens is 4. The summed E-state index contributed by atoms with van der Waals surface area (Å²) < 4.78 is 44.5. The summed E-state index contributed by atoms with van der Waals surface area (Å²) in [7, 11) is 1.73. The number of carbonyl (C=O) groups is 1. The predicted octanol–water partition coefficient (Wildman–Crippen LogP) is 4.57. The Morgan fingerprint density at radius 3 is 2.72 bits per heavy atom. The van der Waals surface area contributed by atoms with Crippen LogP contribution in [0.25, 0.3) is 0 Å². The fourth-order valence-electron chi connectivity index (χ4n) is 2.79. The predicted molar refractivity (Wildman–Crippen MR) is 87.9 cm³/mol. The summed E-state index contributed by atoms with van der Waals surface area (Å²) in [6.07, 6.45) is -3.88. The molecule has 0 aliphatic carbocycles. The molecule has 0 N–H and O–H groups in total. The molecule has 3 nitrogen and oxygen atoms in total. The van der Waals surface area contributed by atoms with Crippen molar-refractivity contribution >= 4 is 17.5 Å². The minimum Gasteiger partial charge on any atom is -0.489 e. The molecule has 0 saturated heterocycles. The van der Waals surface area contributed by atoms with E-state index in [0.717, 1.165) is 11.6 Å². The summed E-state index contributed by atoms with van der Waals surface area (Å²) in [6, 6.07) is 8.83. The lowest BCUT2D eigenvalue weighted by Crippen LogP contribution is -2.34. The molecule has 1 aliphatic rings. The zero-order valence-electron chi connectivity index (χ0n) is 13.4. The van der Waals surface area contributed by atoms with Crippen LogP contribution in [0.4, 0.5) is 13.2 Å². The first-order chi connectivity index (χ1) is 11.8. The molecule has 7 heteroatoms. The maximum absolute atomic E-state index is 12.9. The van der Waals surface area contributed by atoms with Crippen LogP contribution >= 0.6 is 11.6 Å². The average molecular weight is 370 g/mol. The number of carbonyl (C=O) groups excluding carboxylic acids is 1. The highest BCUT2D eigenvalue weighted by atomic mass is 35.5. The van der Waals surface area contributed by atoms with Gasteiger partial charge in [-0.25, -0.2) is 0 Å². The van der Waals surface area contributed by atoms with Gasteiger partial charge in [0.1, 0.15) is 12.4 Å². The zero-order chi connectivity index (χ0) is 18.2. The number of alkyl halides is 3. The Labute approximate surface area is 148 Å². The van der Waals surface area contributed by atoms with Crippen molar-refractivity contribution in [1.82, 2.24) is 4.90 Å². The monoisotopic (exact) mass is 369 g/mol. The van der Waals surface area contributed by atoms with Crippen LogP contribution in [0, 0.1) is 0 Å². The van der Waals surface area contributed by atoms with Gasteiger partial charge in [-0.2, -0.15) is 13.2 Å². The Kier molecular flexibility index (Phi) is 4.64. The molecule has 132 valence electrons. The van der Waals surface area contributed by atoms with Crippen LogP contribution in [0.2, 0.25) is 5.02 Å². The Morgan fingerprint density at radius 1 is 1.24 bits per heavy atom. The number of hydrogen-bond acceptors (Lipinski definition) is 2. The van der Waals surface area contributed by atoms with Crippen molar-refractivity contribution in [3.63, 3.8) is 0 Å². The molecule has 1 aliphatic heterocycles.